The molecule has 0 saturated heterocycles. The van der Waals surface area contributed by atoms with Gasteiger partial charge in [-0.1, -0.05) is 25.7 Å². The molecule has 1 aromatic rings. The van der Waals surface area contributed by atoms with E-state index in [0.29, 0.717) is 24.2 Å². The van der Waals surface area contributed by atoms with E-state index in [0.717, 1.165) is 12.1 Å². The second kappa shape index (κ2) is 5.48. The molecule has 0 unspecified atom stereocenters. The number of carbonyl (C=O) groups is 1. The molecule has 1 aromatic heterocycles. The predicted molar refractivity (Wildman–Crippen MR) is 67.9 cm³/mol. The summed E-state index contributed by atoms with van der Waals surface area (Å²) in [7, 11) is 0. The Labute approximate surface area is 103 Å². The summed E-state index contributed by atoms with van der Waals surface area (Å²) < 4.78 is 1.91. The van der Waals surface area contributed by atoms with Crippen LogP contribution >= 0.6 is 0 Å². The lowest BCUT2D eigenvalue weighted by atomic mass is 9.99. The first kappa shape index (κ1) is 12.3. The summed E-state index contributed by atoms with van der Waals surface area (Å²) >= 11 is 0. The molecular weight excluding hydrogens is 212 g/mol. The first-order valence-electron chi connectivity index (χ1n) is 6.71. The minimum Gasteiger partial charge on any atom is -0.299 e. The number of hydrogen-bond donors (Lipinski definition) is 0. The third-order valence-electron chi connectivity index (χ3n) is 3.56. The molecule has 3 heteroatoms. The van der Waals surface area contributed by atoms with Gasteiger partial charge in [-0.05, 0) is 25.8 Å². The maximum atomic E-state index is 11.9. The quantitative estimate of drug-likeness (QED) is 0.784. The van der Waals surface area contributed by atoms with Gasteiger partial charge in [0, 0.05) is 18.7 Å². The van der Waals surface area contributed by atoms with Gasteiger partial charge in [0.15, 0.2) is 0 Å². The number of Topliss-reactive ketones (excluding diaryl/α,β-unsaturated/α-hetero) is 1. The average Bonchev–Trinajstić information content (AvgIpc) is 2.88. The maximum absolute atomic E-state index is 11.9. The molecule has 3 nitrogen and oxygen atoms in total. The summed E-state index contributed by atoms with van der Waals surface area (Å²) in [5.41, 5.74) is 0.918. The maximum Gasteiger partial charge on any atom is 0.139 e. The number of aromatic nitrogens is 2. The van der Waals surface area contributed by atoms with Crippen molar-refractivity contribution in [3.8, 4) is 0 Å². The highest BCUT2D eigenvalue weighted by atomic mass is 16.1. The van der Waals surface area contributed by atoms with Crippen LogP contribution in [0.1, 0.15) is 57.7 Å². The second-order valence-corrected chi connectivity index (χ2v) is 5.45. The van der Waals surface area contributed by atoms with Crippen LogP contribution in [0, 0.1) is 5.92 Å². The van der Waals surface area contributed by atoms with Gasteiger partial charge in [-0.3, -0.25) is 9.48 Å². The van der Waals surface area contributed by atoms with E-state index < -0.39 is 0 Å². The summed E-state index contributed by atoms with van der Waals surface area (Å²) in [6.45, 7) is 4.19. The van der Waals surface area contributed by atoms with Crippen molar-refractivity contribution in [2.24, 2.45) is 5.92 Å². The lowest BCUT2D eigenvalue weighted by molar-refractivity contribution is -0.119. The van der Waals surface area contributed by atoms with Gasteiger partial charge < -0.3 is 0 Å². The SMILES string of the molecule is CC(C)n1ccc(CC(=O)CC2CCCC2)n1. The van der Waals surface area contributed by atoms with Crippen molar-refractivity contribution in [1.29, 1.82) is 0 Å². The standard InChI is InChI=1S/C14H22N2O/c1-11(2)16-8-7-13(15-16)10-14(17)9-12-5-3-4-6-12/h7-8,11-12H,3-6,9-10H2,1-2H3. The monoisotopic (exact) mass is 234 g/mol. The molecule has 1 fully saturated rings. The van der Waals surface area contributed by atoms with Gasteiger partial charge in [0.05, 0.1) is 12.1 Å². The molecule has 0 aliphatic heterocycles. The second-order valence-electron chi connectivity index (χ2n) is 5.45. The highest BCUT2D eigenvalue weighted by Gasteiger charge is 2.19. The highest BCUT2D eigenvalue weighted by Crippen LogP contribution is 2.27. The van der Waals surface area contributed by atoms with E-state index in [9.17, 15) is 4.79 Å². The first-order valence-corrected chi connectivity index (χ1v) is 6.71. The van der Waals surface area contributed by atoms with Crippen molar-refractivity contribution in [1.82, 2.24) is 9.78 Å². The molecule has 0 atom stereocenters. The minimum atomic E-state index is 0.353. The fourth-order valence-corrected chi connectivity index (χ4v) is 2.57. The Morgan fingerprint density at radius 2 is 2.18 bits per heavy atom. The molecule has 1 heterocycles. The Bertz CT molecular complexity index is 375. The van der Waals surface area contributed by atoms with E-state index in [-0.39, 0.29) is 0 Å². The van der Waals surface area contributed by atoms with Crippen LogP contribution in [0.15, 0.2) is 12.3 Å². The molecule has 0 radical (unpaired) electrons. The van der Waals surface area contributed by atoms with Crippen molar-refractivity contribution < 1.29 is 4.79 Å². The molecule has 0 spiro atoms. The molecule has 0 aromatic carbocycles. The van der Waals surface area contributed by atoms with Gasteiger partial charge in [-0.25, -0.2) is 0 Å². The van der Waals surface area contributed by atoms with Gasteiger partial charge in [0.1, 0.15) is 5.78 Å². The van der Waals surface area contributed by atoms with E-state index in [1.165, 1.54) is 25.7 Å². The Morgan fingerprint density at radius 1 is 1.47 bits per heavy atom. The Hall–Kier alpha value is -1.12. The van der Waals surface area contributed by atoms with E-state index in [2.05, 4.69) is 18.9 Å². The Kier molecular flexibility index (Phi) is 3.97. The predicted octanol–water partition coefficient (Wildman–Crippen LogP) is 3.16. The fraction of sp³-hybridized carbons (Fsp3) is 0.714. The van der Waals surface area contributed by atoms with Gasteiger partial charge in [-0.2, -0.15) is 5.10 Å². The van der Waals surface area contributed by atoms with Crippen molar-refractivity contribution in [3.05, 3.63) is 18.0 Å². The zero-order valence-electron chi connectivity index (χ0n) is 10.9. The molecule has 17 heavy (non-hydrogen) atoms. The lowest BCUT2D eigenvalue weighted by Crippen LogP contribution is -2.09. The number of rotatable bonds is 5. The smallest absolute Gasteiger partial charge is 0.139 e. The minimum absolute atomic E-state index is 0.353. The summed E-state index contributed by atoms with van der Waals surface area (Å²) in [5, 5.41) is 4.42. The summed E-state index contributed by atoms with van der Waals surface area (Å²) in [5.74, 6) is 1.00. The molecule has 0 N–H and O–H groups in total. The molecule has 1 aliphatic carbocycles. The van der Waals surface area contributed by atoms with Gasteiger partial charge >= 0.3 is 0 Å². The van der Waals surface area contributed by atoms with E-state index in [1.54, 1.807) is 0 Å². The highest BCUT2D eigenvalue weighted by molar-refractivity contribution is 5.80. The van der Waals surface area contributed by atoms with E-state index in [4.69, 9.17) is 0 Å². The third-order valence-corrected chi connectivity index (χ3v) is 3.56. The van der Waals surface area contributed by atoms with Crippen LogP contribution in [0.4, 0.5) is 0 Å². The zero-order valence-corrected chi connectivity index (χ0v) is 10.9. The fourth-order valence-electron chi connectivity index (χ4n) is 2.57. The van der Waals surface area contributed by atoms with Crippen LogP contribution in [0.2, 0.25) is 0 Å². The van der Waals surface area contributed by atoms with Gasteiger partial charge in [0.2, 0.25) is 0 Å². The average molecular weight is 234 g/mol. The first-order chi connectivity index (χ1) is 8.15. The van der Waals surface area contributed by atoms with Crippen molar-refractivity contribution in [2.75, 3.05) is 0 Å². The molecule has 2 rings (SSSR count). The van der Waals surface area contributed by atoms with Crippen LogP contribution in [0.5, 0.6) is 0 Å². The van der Waals surface area contributed by atoms with E-state index in [1.807, 2.05) is 16.9 Å². The molecule has 1 saturated carbocycles. The number of ketones is 1. The van der Waals surface area contributed by atoms with Crippen LogP contribution in [-0.4, -0.2) is 15.6 Å². The number of carbonyl (C=O) groups excluding carboxylic acids is 1. The third kappa shape index (κ3) is 3.42. The van der Waals surface area contributed by atoms with Gasteiger partial charge in [-0.15, -0.1) is 0 Å². The largest absolute Gasteiger partial charge is 0.299 e. The van der Waals surface area contributed by atoms with Gasteiger partial charge in [0.25, 0.3) is 0 Å². The molecule has 1 aliphatic rings. The normalized spacial score (nSPS) is 16.9. The number of hydrogen-bond acceptors (Lipinski definition) is 2. The summed E-state index contributed by atoms with van der Waals surface area (Å²) in [6, 6.07) is 2.33. The molecule has 0 bridgehead atoms. The van der Waals surface area contributed by atoms with Crippen molar-refractivity contribution in [3.63, 3.8) is 0 Å². The lowest BCUT2D eigenvalue weighted by Gasteiger charge is -2.06. The summed E-state index contributed by atoms with van der Waals surface area (Å²) in [4.78, 5) is 11.9. The Balaban J connectivity index is 1.84. The molecule has 94 valence electrons. The Morgan fingerprint density at radius 3 is 2.76 bits per heavy atom. The summed E-state index contributed by atoms with van der Waals surface area (Å²) in [6.07, 6.45) is 8.33. The van der Waals surface area contributed by atoms with Crippen LogP contribution in [0.3, 0.4) is 0 Å². The van der Waals surface area contributed by atoms with Crippen LogP contribution in [0.25, 0.3) is 0 Å². The van der Waals surface area contributed by atoms with Crippen LogP contribution in [-0.2, 0) is 11.2 Å². The molecular formula is C14H22N2O. The zero-order chi connectivity index (χ0) is 12.3. The van der Waals surface area contributed by atoms with Crippen LogP contribution < -0.4 is 0 Å². The number of nitrogens with zero attached hydrogens (tertiary/aromatic N) is 2. The molecule has 0 amide bonds. The van der Waals surface area contributed by atoms with Crippen molar-refractivity contribution in [2.45, 2.75) is 58.4 Å². The topological polar surface area (TPSA) is 34.9 Å². The van der Waals surface area contributed by atoms with E-state index >= 15 is 0 Å². The van der Waals surface area contributed by atoms with Crippen molar-refractivity contribution >= 4 is 5.78 Å².